The number of rotatable bonds is 3. The van der Waals surface area contributed by atoms with Gasteiger partial charge in [0.15, 0.2) is 0 Å². The zero-order valence-corrected chi connectivity index (χ0v) is 27.7. The summed E-state index contributed by atoms with van der Waals surface area (Å²) in [6.07, 6.45) is 5.83. The van der Waals surface area contributed by atoms with Crippen LogP contribution >= 0.6 is 0 Å². The van der Waals surface area contributed by atoms with Gasteiger partial charge in [-0.2, -0.15) is 0 Å². The van der Waals surface area contributed by atoms with E-state index in [2.05, 4.69) is 111 Å². The summed E-state index contributed by atoms with van der Waals surface area (Å²) in [5.41, 5.74) is 10.7. The minimum absolute atomic E-state index is 0.0993. The standard InChI is InChI=1S/C41H48N2O2/c1-27-9-8-16-43(27)36-22-33-32(21-31(36)28-12-14-29(15-13-28)42-17-19-45-20-18-42)37(44)23-35-38(33)30-10-6-7-11-34(30)41(35)25-39(2,3)24-40(4,5)26-41/h6-7,10-15,21-23,27,44H,8-9,16-20,24-26H2,1-5H3. The number of aromatic hydroxyl groups is 1. The van der Waals surface area contributed by atoms with Gasteiger partial charge in [0.1, 0.15) is 5.75 Å². The molecule has 1 atom stereocenters. The second-order valence-corrected chi connectivity index (χ2v) is 16.1. The van der Waals surface area contributed by atoms with Crippen LogP contribution in [0.2, 0.25) is 0 Å². The maximum atomic E-state index is 12.0. The molecule has 2 aliphatic carbocycles. The highest BCUT2D eigenvalue weighted by atomic mass is 16.5. The van der Waals surface area contributed by atoms with Crippen LogP contribution in [0.3, 0.4) is 0 Å². The van der Waals surface area contributed by atoms with Crippen LogP contribution < -0.4 is 9.80 Å². The number of phenols is 1. The Balaban J connectivity index is 1.35. The van der Waals surface area contributed by atoms with Gasteiger partial charge >= 0.3 is 0 Å². The van der Waals surface area contributed by atoms with E-state index in [-0.39, 0.29) is 16.2 Å². The molecule has 4 heteroatoms. The molecule has 1 unspecified atom stereocenters. The second kappa shape index (κ2) is 10.3. The number of nitrogens with zero attached hydrogens (tertiary/aromatic N) is 2. The highest BCUT2D eigenvalue weighted by molar-refractivity contribution is 6.09. The van der Waals surface area contributed by atoms with Crippen LogP contribution in [-0.4, -0.2) is 44.0 Å². The number of fused-ring (bicyclic) bond motifs is 7. The minimum Gasteiger partial charge on any atom is -0.507 e. The quantitative estimate of drug-likeness (QED) is 0.254. The van der Waals surface area contributed by atoms with Crippen molar-refractivity contribution >= 4 is 22.1 Å². The topological polar surface area (TPSA) is 35.9 Å². The van der Waals surface area contributed by atoms with Gasteiger partial charge in [0.2, 0.25) is 0 Å². The Labute approximate surface area is 269 Å². The van der Waals surface area contributed by atoms with Gasteiger partial charge in [0, 0.05) is 53.4 Å². The van der Waals surface area contributed by atoms with E-state index >= 15 is 0 Å². The number of phenolic OH excluding ortho intramolecular Hbond substituents is 1. The summed E-state index contributed by atoms with van der Waals surface area (Å²) >= 11 is 0. The summed E-state index contributed by atoms with van der Waals surface area (Å²) in [6.45, 7) is 16.6. The van der Waals surface area contributed by atoms with Crippen LogP contribution in [0.4, 0.5) is 11.4 Å². The average Bonchev–Trinajstić information content (AvgIpc) is 3.54. The van der Waals surface area contributed by atoms with Crippen LogP contribution in [0.25, 0.3) is 33.0 Å². The van der Waals surface area contributed by atoms with Gasteiger partial charge in [-0.15, -0.1) is 0 Å². The van der Waals surface area contributed by atoms with Crippen molar-refractivity contribution in [1.82, 2.24) is 0 Å². The number of hydrogen-bond acceptors (Lipinski definition) is 4. The first-order chi connectivity index (χ1) is 21.6. The number of benzene rings is 4. The summed E-state index contributed by atoms with van der Waals surface area (Å²) < 4.78 is 5.59. The third kappa shape index (κ3) is 4.66. The van der Waals surface area contributed by atoms with E-state index < -0.39 is 0 Å². The average molecular weight is 601 g/mol. The Kier molecular flexibility index (Phi) is 6.59. The third-order valence-electron chi connectivity index (χ3n) is 11.4. The maximum absolute atomic E-state index is 12.0. The number of morpholine rings is 1. The van der Waals surface area contributed by atoms with Crippen molar-refractivity contribution in [2.45, 2.75) is 78.2 Å². The van der Waals surface area contributed by atoms with Crippen molar-refractivity contribution in [2.24, 2.45) is 10.8 Å². The summed E-state index contributed by atoms with van der Waals surface area (Å²) in [7, 11) is 0. The lowest BCUT2D eigenvalue weighted by molar-refractivity contribution is 0.0645. The number of hydrogen-bond donors (Lipinski definition) is 1. The summed E-state index contributed by atoms with van der Waals surface area (Å²) in [4.78, 5) is 5.03. The second-order valence-electron chi connectivity index (χ2n) is 16.1. The molecule has 3 fully saturated rings. The lowest BCUT2D eigenvalue weighted by Gasteiger charge is -2.51. The molecule has 4 aromatic carbocycles. The monoisotopic (exact) mass is 600 g/mol. The molecule has 0 aromatic heterocycles. The Morgan fingerprint density at radius 1 is 0.756 bits per heavy atom. The first-order valence-electron chi connectivity index (χ1n) is 17.2. The molecule has 8 rings (SSSR count). The molecule has 1 spiro atoms. The molecule has 0 radical (unpaired) electrons. The molecule has 2 aliphatic heterocycles. The Morgan fingerprint density at radius 2 is 1.47 bits per heavy atom. The SMILES string of the molecule is CC1CCCN1c1cc2c3c(cc(O)c2cc1-c1ccc(N2CCOCC2)cc1)C1(CC(C)(C)CC(C)(C)C1)c1ccccc1-3. The van der Waals surface area contributed by atoms with Gasteiger partial charge in [-0.3, -0.25) is 0 Å². The third-order valence-corrected chi connectivity index (χ3v) is 11.4. The lowest BCUT2D eigenvalue weighted by atomic mass is 9.52. The van der Waals surface area contributed by atoms with Crippen LogP contribution in [0, 0.1) is 10.8 Å². The molecule has 0 amide bonds. The maximum Gasteiger partial charge on any atom is 0.123 e. The van der Waals surface area contributed by atoms with Crippen LogP contribution in [-0.2, 0) is 10.2 Å². The van der Waals surface area contributed by atoms with Crippen molar-refractivity contribution in [2.75, 3.05) is 42.6 Å². The summed E-state index contributed by atoms with van der Waals surface area (Å²) in [5.74, 6) is 0.407. The summed E-state index contributed by atoms with van der Waals surface area (Å²) in [5, 5.41) is 14.1. The fourth-order valence-electron chi connectivity index (χ4n) is 10.3. The molecule has 1 N–H and O–H groups in total. The van der Waals surface area contributed by atoms with Gasteiger partial charge in [-0.05, 0) is 113 Å². The van der Waals surface area contributed by atoms with E-state index in [4.69, 9.17) is 4.74 Å². The van der Waals surface area contributed by atoms with Gasteiger partial charge in [-0.25, -0.2) is 0 Å². The van der Waals surface area contributed by atoms with E-state index in [1.54, 1.807) is 0 Å². The van der Waals surface area contributed by atoms with Crippen LogP contribution in [0.5, 0.6) is 5.75 Å². The van der Waals surface area contributed by atoms with E-state index in [0.717, 1.165) is 51.1 Å². The van der Waals surface area contributed by atoms with E-state index in [1.807, 2.05) is 0 Å². The Hall–Kier alpha value is -3.50. The zero-order chi connectivity index (χ0) is 31.1. The molecular formula is C41H48N2O2. The molecule has 1 saturated carbocycles. The molecule has 4 aliphatic rings. The first-order valence-corrected chi connectivity index (χ1v) is 17.2. The zero-order valence-electron chi connectivity index (χ0n) is 27.7. The molecule has 45 heavy (non-hydrogen) atoms. The predicted molar refractivity (Wildman–Crippen MR) is 188 cm³/mol. The van der Waals surface area contributed by atoms with E-state index in [1.165, 1.54) is 69.4 Å². The molecule has 4 aromatic rings. The molecule has 2 heterocycles. The van der Waals surface area contributed by atoms with Crippen molar-refractivity contribution < 1.29 is 9.84 Å². The molecule has 0 bridgehead atoms. The molecule has 2 saturated heterocycles. The number of ether oxygens (including phenoxy) is 1. The van der Waals surface area contributed by atoms with Gasteiger partial charge in [0.05, 0.1) is 13.2 Å². The lowest BCUT2D eigenvalue weighted by Crippen LogP contribution is -2.43. The normalized spacial score (nSPS) is 23.0. The van der Waals surface area contributed by atoms with E-state index in [9.17, 15) is 5.11 Å². The predicted octanol–water partition coefficient (Wildman–Crippen LogP) is 9.54. The van der Waals surface area contributed by atoms with Gasteiger partial charge < -0.3 is 19.6 Å². The van der Waals surface area contributed by atoms with Crippen molar-refractivity contribution in [3.05, 3.63) is 77.9 Å². The fourth-order valence-corrected chi connectivity index (χ4v) is 10.3. The number of anilines is 2. The van der Waals surface area contributed by atoms with Gasteiger partial charge in [-0.1, -0.05) is 64.1 Å². The Bertz CT molecular complexity index is 1760. The summed E-state index contributed by atoms with van der Waals surface area (Å²) in [6, 6.07) is 25.6. The fraction of sp³-hybridized carbons (Fsp3) is 0.463. The van der Waals surface area contributed by atoms with Crippen molar-refractivity contribution in [3.8, 4) is 28.0 Å². The molecule has 4 nitrogen and oxygen atoms in total. The van der Waals surface area contributed by atoms with Gasteiger partial charge in [0.25, 0.3) is 0 Å². The van der Waals surface area contributed by atoms with Crippen LogP contribution in [0.15, 0.2) is 66.7 Å². The van der Waals surface area contributed by atoms with Crippen molar-refractivity contribution in [3.63, 3.8) is 0 Å². The highest BCUT2D eigenvalue weighted by Crippen LogP contribution is 2.65. The minimum atomic E-state index is -0.0993. The smallest absolute Gasteiger partial charge is 0.123 e. The van der Waals surface area contributed by atoms with E-state index in [0.29, 0.717) is 11.8 Å². The Morgan fingerprint density at radius 3 is 2.16 bits per heavy atom. The molecular weight excluding hydrogens is 552 g/mol. The molecule has 234 valence electrons. The van der Waals surface area contributed by atoms with Crippen LogP contribution in [0.1, 0.15) is 77.8 Å². The van der Waals surface area contributed by atoms with Crippen molar-refractivity contribution in [1.29, 1.82) is 0 Å². The highest BCUT2D eigenvalue weighted by Gasteiger charge is 2.53. The first kappa shape index (κ1) is 28.9. The largest absolute Gasteiger partial charge is 0.507 e.